The van der Waals surface area contributed by atoms with Crippen molar-refractivity contribution < 1.29 is 5.11 Å². The molecule has 0 aliphatic rings. The summed E-state index contributed by atoms with van der Waals surface area (Å²) in [5.74, 6) is 5.85. The van der Waals surface area contributed by atoms with E-state index in [2.05, 4.69) is 11.8 Å². The van der Waals surface area contributed by atoms with Gasteiger partial charge in [0.15, 0.2) is 0 Å². The molecule has 0 fully saturated rings. The SMILES string of the molecule is CC#CCCn1cccc1C(C)O. The van der Waals surface area contributed by atoms with Crippen molar-refractivity contribution in [2.45, 2.75) is 32.9 Å². The number of rotatable bonds is 3. The van der Waals surface area contributed by atoms with E-state index in [0.717, 1.165) is 18.7 Å². The van der Waals surface area contributed by atoms with Crippen LogP contribution in [0, 0.1) is 11.8 Å². The van der Waals surface area contributed by atoms with Gasteiger partial charge >= 0.3 is 0 Å². The summed E-state index contributed by atoms with van der Waals surface area (Å²) in [5, 5.41) is 9.39. The third kappa shape index (κ3) is 2.64. The Labute approximate surface area is 79.2 Å². The minimum atomic E-state index is -0.399. The molecular formula is C11H15NO. The first-order valence-electron chi connectivity index (χ1n) is 4.48. The molecule has 0 radical (unpaired) electrons. The average molecular weight is 177 g/mol. The van der Waals surface area contributed by atoms with Gasteiger partial charge < -0.3 is 9.67 Å². The minimum absolute atomic E-state index is 0.399. The van der Waals surface area contributed by atoms with Gasteiger partial charge in [-0.3, -0.25) is 0 Å². The van der Waals surface area contributed by atoms with Gasteiger partial charge in [-0.05, 0) is 26.0 Å². The van der Waals surface area contributed by atoms with Gasteiger partial charge in [-0.1, -0.05) is 0 Å². The van der Waals surface area contributed by atoms with Crippen LogP contribution in [0.1, 0.15) is 32.1 Å². The Morgan fingerprint density at radius 1 is 1.62 bits per heavy atom. The molecule has 1 aromatic rings. The molecule has 0 bridgehead atoms. The van der Waals surface area contributed by atoms with Crippen molar-refractivity contribution in [2.75, 3.05) is 0 Å². The van der Waals surface area contributed by atoms with Crippen molar-refractivity contribution in [1.82, 2.24) is 4.57 Å². The van der Waals surface area contributed by atoms with Crippen molar-refractivity contribution in [3.05, 3.63) is 24.0 Å². The molecule has 1 N–H and O–H groups in total. The Kier molecular flexibility index (Phi) is 3.60. The smallest absolute Gasteiger partial charge is 0.0911 e. The lowest BCUT2D eigenvalue weighted by molar-refractivity contribution is 0.189. The fraction of sp³-hybridized carbons (Fsp3) is 0.455. The zero-order chi connectivity index (χ0) is 9.68. The third-order valence-electron chi connectivity index (χ3n) is 1.95. The summed E-state index contributed by atoms with van der Waals surface area (Å²) in [6.07, 6.45) is 2.41. The number of aliphatic hydroxyl groups is 1. The number of aliphatic hydroxyl groups excluding tert-OH is 1. The van der Waals surface area contributed by atoms with Crippen LogP contribution in [0.2, 0.25) is 0 Å². The second kappa shape index (κ2) is 4.74. The summed E-state index contributed by atoms with van der Waals surface area (Å²) >= 11 is 0. The maximum Gasteiger partial charge on any atom is 0.0911 e. The van der Waals surface area contributed by atoms with E-state index in [1.165, 1.54) is 0 Å². The van der Waals surface area contributed by atoms with Crippen LogP contribution in [0.3, 0.4) is 0 Å². The fourth-order valence-electron chi connectivity index (χ4n) is 1.31. The largest absolute Gasteiger partial charge is 0.387 e. The lowest BCUT2D eigenvalue weighted by atomic mass is 10.3. The Balaban J connectivity index is 2.63. The zero-order valence-electron chi connectivity index (χ0n) is 8.12. The number of nitrogens with zero attached hydrogens (tertiary/aromatic N) is 1. The van der Waals surface area contributed by atoms with Gasteiger partial charge in [-0.25, -0.2) is 0 Å². The van der Waals surface area contributed by atoms with Gasteiger partial charge in [0.25, 0.3) is 0 Å². The average Bonchev–Trinajstić information content (AvgIpc) is 2.53. The van der Waals surface area contributed by atoms with Crippen LogP contribution in [0.25, 0.3) is 0 Å². The number of hydrogen-bond donors (Lipinski definition) is 1. The van der Waals surface area contributed by atoms with Crippen molar-refractivity contribution >= 4 is 0 Å². The molecule has 1 atom stereocenters. The third-order valence-corrected chi connectivity index (χ3v) is 1.95. The van der Waals surface area contributed by atoms with Crippen molar-refractivity contribution in [2.24, 2.45) is 0 Å². The summed E-state index contributed by atoms with van der Waals surface area (Å²) in [5.41, 5.74) is 0.956. The first-order valence-corrected chi connectivity index (χ1v) is 4.48. The first-order chi connectivity index (χ1) is 6.25. The molecule has 2 nitrogen and oxygen atoms in total. The van der Waals surface area contributed by atoms with Crippen LogP contribution in [-0.4, -0.2) is 9.67 Å². The van der Waals surface area contributed by atoms with Crippen molar-refractivity contribution in [3.8, 4) is 11.8 Å². The van der Waals surface area contributed by atoms with E-state index in [1.54, 1.807) is 6.92 Å². The van der Waals surface area contributed by atoms with Gasteiger partial charge in [0.05, 0.1) is 6.10 Å². The Morgan fingerprint density at radius 2 is 2.38 bits per heavy atom. The lowest BCUT2D eigenvalue weighted by Crippen LogP contribution is -2.04. The van der Waals surface area contributed by atoms with E-state index in [-0.39, 0.29) is 0 Å². The molecule has 1 aromatic heterocycles. The molecule has 0 spiro atoms. The number of hydrogen-bond acceptors (Lipinski definition) is 1. The highest BCUT2D eigenvalue weighted by Crippen LogP contribution is 2.12. The molecular weight excluding hydrogens is 162 g/mol. The summed E-state index contributed by atoms with van der Waals surface area (Å²) in [7, 11) is 0. The summed E-state index contributed by atoms with van der Waals surface area (Å²) < 4.78 is 2.04. The second-order valence-electron chi connectivity index (χ2n) is 2.98. The Hall–Kier alpha value is -1.20. The highest BCUT2D eigenvalue weighted by molar-refractivity contribution is 5.10. The zero-order valence-corrected chi connectivity index (χ0v) is 8.12. The first kappa shape index (κ1) is 9.88. The maximum absolute atomic E-state index is 9.39. The van der Waals surface area contributed by atoms with E-state index >= 15 is 0 Å². The maximum atomic E-state index is 9.39. The van der Waals surface area contributed by atoms with Crippen LogP contribution in [0.4, 0.5) is 0 Å². The Bertz CT molecular complexity index is 314. The van der Waals surface area contributed by atoms with Gasteiger partial charge in [-0.2, -0.15) is 0 Å². The molecule has 1 heterocycles. The molecule has 0 saturated carbocycles. The van der Waals surface area contributed by atoms with Gasteiger partial charge in [-0.15, -0.1) is 11.8 Å². The topological polar surface area (TPSA) is 25.2 Å². The van der Waals surface area contributed by atoms with Crippen LogP contribution < -0.4 is 0 Å². The predicted octanol–water partition coefficient (Wildman–Crippen LogP) is 1.95. The second-order valence-corrected chi connectivity index (χ2v) is 2.98. The molecule has 0 aliphatic heterocycles. The lowest BCUT2D eigenvalue weighted by Gasteiger charge is -2.09. The van der Waals surface area contributed by atoms with E-state index in [1.807, 2.05) is 29.8 Å². The van der Waals surface area contributed by atoms with Crippen molar-refractivity contribution in [3.63, 3.8) is 0 Å². The quantitative estimate of drug-likeness (QED) is 0.701. The normalized spacial score (nSPS) is 11.9. The van der Waals surface area contributed by atoms with E-state index in [0.29, 0.717) is 0 Å². The van der Waals surface area contributed by atoms with Crippen LogP contribution in [0.15, 0.2) is 18.3 Å². The number of aryl methyl sites for hydroxylation is 1. The Morgan fingerprint density at radius 3 is 3.00 bits per heavy atom. The highest BCUT2D eigenvalue weighted by Gasteiger charge is 2.04. The fourth-order valence-corrected chi connectivity index (χ4v) is 1.31. The van der Waals surface area contributed by atoms with Crippen molar-refractivity contribution in [1.29, 1.82) is 0 Å². The minimum Gasteiger partial charge on any atom is -0.387 e. The highest BCUT2D eigenvalue weighted by atomic mass is 16.3. The molecule has 1 unspecified atom stereocenters. The predicted molar refractivity (Wildman–Crippen MR) is 53.1 cm³/mol. The van der Waals surface area contributed by atoms with Crippen LogP contribution in [0.5, 0.6) is 0 Å². The molecule has 0 aromatic carbocycles. The van der Waals surface area contributed by atoms with Gasteiger partial charge in [0.2, 0.25) is 0 Å². The molecule has 0 aliphatic carbocycles. The monoisotopic (exact) mass is 177 g/mol. The summed E-state index contributed by atoms with van der Waals surface area (Å²) in [6, 6.07) is 3.88. The molecule has 13 heavy (non-hydrogen) atoms. The molecule has 70 valence electrons. The van der Waals surface area contributed by atoms with Gasteiger partial charge in [0.1, 0.15) is 0 Å². The summed E-state index contributed by atoms with van der Waals surface area (Å²) in [6.45, 7) is 4.47. The van der Waals surface area contributed by atoms with Crippen LogP contribution in [-0.2, 0) is 6.54 Å². The standard InChI is InChI=1S/C11H15NO/c1-3-4-5-8-12-9-6-7-11(12)10(2)13/h6-7,9-10,13H,5,8H2,1-2H3. The van der Waals surface area contributed by atoms with E-state index in [9.17, 15) is 5.11 Å². The molecule has 1 rings (SSSR count). The van der Waals surface area contributed by atoms with Gasteiger partial charge in [0, 0.05) is 24.9 Å². The molecule has 0 saturated heterocycles. The molecule has 2 heteroatoms. The molecule has 0 amide bonds. The number of aromatic nitrogens is 1. The van der Waals surface area contributed by atoms with E-state index in [4.69, 9.17) is 0 Å². The van der Waals surface area contributed by atoms with E-state index < -0.39 is 6.10 Å². The van der Waals surface area contributed by atoms with Crippen LogP contribution >= 0.6 is 0 Å². The summed E-state index contributed by atoms with van der Waals surface area (Å²) in [4.78, 5) is 0.